The first kappa shape index (κ1) is 8.78. The van der Waals surface area contributed by atoms with Gasteiger partial charge in [0, 0.05) is 18.5 Å². The minimum absolute atomic E-state index is 0.703. The number of rotatable bonds is 2. The van der Waals surface area contributed by atoms with Crippen LogP contribution in [0.2, 0.25) is 0 Å². The van der Waals surface area contributed by atoms with Crippen molar-refractivity contribution in [3.63, 3.8) is 0 Å². The molecule has 0 fully saturated rings. The number of hydrogen-bond donors (Lipinski definition) is 1. The summed E-state index contributed by atoms with van der Waals surface area (Å²) in [7, 11) is 0. The van der Waals surface area contributed by atoms with Crippen molar-refractivity contribution in [2.24, 2.45) is 0 Å². The van der Waals surface area contributed by atoms with E-state index in [0.29, 0.717) is 5.82 Å². The summed E-state index contributed by atoms with van der Waals surface area (Å²) < 4.78 is 1.60. The zero-order valence-corrected chi connectivity index (χ0v) is 8.28. The maximum Gasteiger partial charge on any atom is 0.176 e. The zero-order valence-electron chi connectivity index (χ0n) is 8.28. The number of nitrogens with zero attached hydrogens (tertiary/aromatic N) is 5. The molecule has 0 bridgehead atoms. The van der Waals surface area contributed by atoms with Crippen molar-refractivity contribution >= 4 is 0 Å². The normalized spacial score (nSPS) is 10.5. The van der Waals surface area contributed by atoms with Gasteiger partial charge in [-0.15, -0.1) is 5.10 Å². The Morgan fingerprint density at radius 3 is 2.88 bits per heavy atom. The molecule has 3 aromatic heterocycles. The van der Waals surface area contributed by atoms with Crippen LogP contribution in [0.15, 0.2) is 42.9 Å². The minimum atomic E-state index is 0.703. The fourth-order valence-electron chi connectivity index (χ4n) is 1.39. The van der Waals surface area contributed by atoms with E-state index in [9.17, 15) is 0 Å². The van der Waals surface area contributed by atoms with Crippen LogP contribution < -0.4 is 0 Å². The van der Waals surface area contributed by atoms with Crippen LogP contribution in [-0.2, 0) is 0 Å². The third-order valence-corrected chi connectivity index (χ3v) is 2.14. The number of nitrogens with one attached hydrogen (secondary N) is 1. The zero-order chi connectivity index (χ0) is 10.8. The summed E-state index contributed by atoms with van der Waals surface area (Å²) in [6.45, 7) is 0. The maximum atomic E-state index is 4.20. The van der Waals surface area contributed by atoms with E-state index in [2.05, 4.69) is 25.5 Å². The second-order valence-corrected chi connectivity index (χ2v) is 3.20. The highest BCUT2D eigenvalue weighted by atomic mass is 15.5. The molecule has 0 spiro atoms. The first-order valence-electron chi connectivity index (χ1n) is 4.77. The molecular weight excluding hydrogens is 204 g/mol. The van der Waals surface area contributed by atoms with Gasteiger partial charge in [0.15, 0.2) is 5.82 Å². The highest BCUT2D eigenvalue weighted by Crippen LogP contribution is 2.13. The molecule has 3 aromatic rings. The molecule has 1 N–H and O–H groups in total. The number of aromatic amines is 1. The smallest absolute Gasteiger partial charge is 0.176 e. The molecule has 0 unspecified atom stereocenters. The summed E-state index contributed by atoms with van der Waals surface area (Å²) in [5.41, 5.74) is 1.52. The van der Waals surface area contributed by atoms with Gasteiger partial charge < -0.3 is 0 Å². The lowest BCUT2D eigenvalue weighted by atomic mass is 10.3. The fourth-order valence-corrected chi connectivity index (χ4v) is 1.39. The molecule has 6 heteroatoms. The Balaban J connectivity index is 2.00. The topological polar surface area (TPSA) is 72.3 Å². The monoisotopic (exact) mass is 212 g/mol. The average molecular weight is 212 g/mol. The summed E-state index contributed by atoms with van der Waals surface area (Å²) in [6, 6.07) is 7.48. The molecule has 0 aromatic carbocycles. The van der Waals surface area contributed by atoms with Gasteiger partial charge in [-0.25, -0.2) is 0 Å². The molecule has 0 radical (unpaired) electrons. The van der Waals surface area contributed by atoms with Gasteiger partial charge in [-0.3, -0.25) is 10.1 Å². The van der Waals surface area contributed by atoms with Crippen LogP contribution in [0, 0.1) is 0 Å². The molecule has 16 heavy (non-hydrogen) atoms. The number of pyridine rings is 1. The van der Waals surface area contributed by atoms with Crippen LogP contribution in [0.25, 0.3) is 17.2 Å². The quantitative estimate of drug-likeness (QED) is 0.689. The van der Waals surface area contributed by atoms with E-state index >= 15 is 0 Å². The van der Waals surface area contributed by atoms with E-state index in [1.807, 2.05) is 24.3 Å². The summed E-state index contributed by atoms with van der Waals surface area (Å²) in [5.74, 6) is 0.703. The van der Waals surface area contributed by atoms with Gasteiger partial charge in [-0.2, -0.15) is 9.78 Å². The van der Waals surface area contributed by atoms with Crippen LogP contribution in [0.5, 0.6) is 0 Å². The Morgan fingerprint density at radius 2 is 2.12 bits per heavy atom. The molecule has 3 heterocycles. The summed E-state index contributed by atoms with van der Waals surface area (Å²) in [4.78, 5) is 4.20. The fraction of sp³-hybridized carbons (Fsp3) is 0. The van der Waals surface area contributed by atoms with Crippen molar-refractivity contribution in [3.05, 3.63) is 42.9 Å². The van der Waals surface area contributed by atoms with Crippen LogP contribution >= 0.6 is 0 Å². The molecule has 0 saturated carbocycles. The molecule has 0 aliphatic rings. The van der Waals surface area contributed by atoms with Gasteiger partial charge in [-0.05, 0) is 12.1 Å². The highest BCUT2D eigenvalue weighted by molar-refractivity contribution is 5.52. The maximum absolute atomic E-state index is 4.20. The first-order valence-corrected chi connectivity index (χ1v) is 4.77. The van der Waals surface area contributed by atoms with Gasteiger partial charge >= 0.3 is 0 Å². The van der Waals surface area contributed by atoms with E-state index < -0.39 is 0 Å². The van der Waals surface area contributed by atoms with Gasteiger partial charge in [0.25, 0.3) is 0 Å². The van der Waals surface area contributed by atoms with Gasteiger partial charge in [0.05, 0.1) is 11.9 Å². The second-order valence-electron chi connectivity index (χ2n) is 3.20. The summed E-state index contributed by atoms with van der Waals surface area (Å²) >= 11 is 0. The van der Waals surface area contributed by atoms with Crippen LogP contribution in [0.4, 0.5) is 0 Å². The van der Waals surface area contributed by atoms with Crippen LogP contribution in [0.3, 0.4) is 0 Å². The lowest BCUT2D eigenvalue weighted by Crippen LogP contribution is -1.94. The van der Waals surface area contributed by atoms with E-state index in [0.717, 1.165) is 11.4 Å². The van der Waals surface area contributed by atoms with Crippen molar-refractivity contribution in [2.75, 3.05) is 0 Å². The largest absolute Gasteiger partial charge is 0.284 e. The van der Waals surface area contributed by atoms with E-state index in [4.69, 9.17) is 0 Å². The number of aromatic nitrogens is 6. The van der Waals surface area contributed by atoms with Crippen molar-refractivity contribution < 1.29 is 0 Å². The number of H-pyrrole nitrogens is 1. The molecule has 0 aliphatic carbocycles. The van der Waals surface area contributed by atoms with Crippen LogP contribution in [-0.4, -0.2) is 30.2 Å². The number of hydrogen-bond acceptors (Lipinski definition) is 4. The third kappa shape index (κ3) is 1.46. The van der Waals surface area contributed by atoms with Gasteiger partial charge in [-0.1, -0.05) is 11.3 Å². The summed E-state index contributed by atoms with van der Waals surface area (Å²) in [6.07, 6.45) is 5.25. The SMILES string of the molecule is c1ccc(-c2cn(-c3cc[nH]n3)nn2)nc1. The van der Waals surface area contributed by atoms with Crippen molar-refractivity contribution in [1.29, 1.82) is 0 Å². The Kier molecular flexibility index (Phi) is 1.96. The Morgan fingerprint density at radius 1 is 1.12 bits per heavy atom. The predicted molar refractivity (Wildman–Crippen MR) is 56.7 cm³/mol. The average Bonchev–Trinajstić information content (AvgIpc) is 3.01. The molecule has 0 amide bonds. The van der Waals surface area contributed by atoms with E-state index in [1.165, 1.54) is 0 Å². The molecule has 6 nitrogen and oxygen atoms in total. The van der Waals surface area contributed by atoms with E-state index in [-0.39, 0.29) is 0 Å². The third-order valence-electron chi connectivity index (χ3n) is 2.14. The molecule has 0 saturated heterocycles. The van der Waals surface area contributed by atoms with Crippen molar-refractivity contribution in [1.82, 2.24) is 30.2 Å². The molecule has 3 rings (SSSR count). The minimum Gasteiger partial charge on any atom is -0.284 e. The standard InChI is InChI=1S/C10H8N6/c1-2-5-11-8(3-1)9-7-16(15-13-9)10-4-6-12-14-10/h1-7H,(H,12,14). The highest BCUT2D eigenvalue weighted by Gasteiger charge is 2.06. The predicted octanol–water partition coefficient (Wildman–Crippen LogP) is 1.05. The van der Waals surface area contributed by atoms with E-state index in [1.54, 1.807) is 23.3 Å². The summed E-state index contributed by atoms with van der Waals surface area (Å²) in [5, 5.41) is 14.7. The molecule has 0 aliphatic heterocycles. The second kappa shape index (κ2) is 3.58. The first-order chi connectivity index (χ1) is 7.93. The Hall–Kier alpha value is -2.50. The molecule has 0 atom stereocenters. The lowest BCUT2D eigenvalue weighted by Gasteiger charge is -1.92. The Labute approximate surface area is 91.0 Å². The lowest BCUT2D eigenvalue weighted by molar-refractivity contribution is 0.776. The molecule has 78 valence electrons. The van der Waals surface area contributed by atoms with Gasteiger partial charge in [0.2, 0.25) is 0 Å². The van der Waals surface area contributed by atoms with Crippen LogP contribution in [0.1, 0.15) is 0 Å². The molecular formula is C10H8N6. The van der Waals surface area contributed by atoms with Crippen molar-refractivity contribution in [2.45, 2.75) is 0 Å². The van der Waals surface area contributed by atoms with Crippen molar-refractivity contribution in [3.8, 4) is 17.2 Å². The Bertz CT molecular complexity index is 568. The van der Waals surface area contributed by atoms with Gasteiger partial charge in [0.1, 0.15) is 5.69 Å².